The summed E-state index contributed by atoms with van der Waals surface area (Å²) in [6, 6.07) is 12.3. The predicted octanol–water partition coefficient (Wildman–Crippen LogP) is 4.43. The number of rotatable bonds is 6. The highest BCUT2D eigenvalue weighted by Crippen LogP contribution is 2.26. The zero-order valence-corrected chi connectivity index (χ0v) is 17.3. The average Bonchev–Trinajstić information content (AvgIpc) is 3.40. The third-order valence-electron chi connectivity index (χ3n) is 4.91. The van der Waals surface area contributed by atoms with Crippen LogP contribution in [0.3, 0.4) is 0 Å². The molecule has 0 aliphatic rings. The molecule has 4 rings (SSSR count). The van der Waals surface area contributed by atoms with E-state index in [4.69, 9.17) is 16.1 Å². The molecular formula is C22H20ClN5O2. The maximum Gasteiger partial charge on any atom is 0.274 e. The second-order valence-electron chi connectivity index (χ2n) is 6.78. The summed E-state index contributed by atoms with van der Waals surface area (Å²) in [5.74, 6) is 0.149. The Hall–Kier alpha value is -3.45. The van der Waals surface area contributed by atoms with Crippen LogP contribution in [0, 0.1) is 6.92 Å². The fourth-order valence-electron chi connectivity index (χ4n) is 3.28. The van der Waals surface area contributed by atoms with Crippen LogP contribution in [0.5, 0.6) is 0 Å². The van der Waals surface area contributed by atoms with Gasteiger partial charge in [-0.05, 0) is 43.2 Å². The molecule has 0 fully saturated rings. The first-order valence-electron chi connectivity index (χ1n) is 9.52. The van der Waals surface area contributed by atoms with E-state index in [0.29, 0.717) is 10.8 Å². The summed E-state index contributed by atoms with van der Waals surface area (Å²) in [4.78, 5) is 17.1. The lowest BCUT2D eigenvalue weighted by Gasteiger charge is -2.19. The van der Waals surface area contributed by atoms with Gasteiger partial charge in [-0.1, -0.05) is 35.0 Å². The largest absolute Gasteiger partial charge is 0.355 e. The minimum atomic E-state index is -0.409. The van der Waals surface area contributed by atoms with E-state index in [1.54, 1.807) is 36.8 Å². The van der Waals surface area contributed by atoms with E-state index in [9.17, 15) is 4.79 Å². The van der Waals surface area contributed by atoms with Gasteiger partial charge in [0.05, 0.1) is 17.8 Å². The van der Waals surface area contributed by atoms with Gasteiger partial charge < -0.3 is 9.84 Å². The number of hydrogen-bond acceptors (Lipinski definition) is 5. The van der Waals surface area contributed by atoms with E-state index in [2.05, 4.69) is 20.6 Å². The van der Waals surface area contributed by atoms with Crippen molar-refractivity contribution in [3.63, 3.8) is 0 Å². The molecule has 0 saturated heterocycles. The second kappa shape index (κ2) is 8.51. The molecule has 7 nitrogen and oxygen atoms in total. The van der Waals surface area contributed by atoms with Gasteiger partial charge in [0.15, 0.2) is 11.5 Å². The molecule has 1 atom stereocenters. The number of nitrogens with one attached hydrogen (secondary N) is 1. The standard InChI is InChI=1S/C22H20ClN5O2/c1-3-28-14(2)18(13-25-28)20-11-19(27-30-20)22(29)26-21(16-5-4-10-24-12-16)15-6-8-17(23)9-7-15/h4-13,21H,3H2,1-2H3,(H,26,29)/t21-/m0/s1. The van der Waals surface area contributed by atoms with Gasteiger partial charge >= 0.3 is 0 Å². The summed E-state index contributed by atoms with van der Waals surface area (Å²) in [5, 5.41) is 11.9. The molecule has 0 unspecified atom stereocenters. The molecule has 3 aromatic heterocycles. The molecule has 152 valence electrons. The van der Waals surface area contributed by atoms with Crippen LogP contribution < -0.4 is 5.32 Å². The first kappa shape index (κ1) is 19.8. The Morgan fingerprint density at radius 1 is 1.20 bits per heavy atom. The minimum absolute atomic E-state index is 0.191. The molecule has 0 radical (unpaired) electrons. The Kier molecular flexibility index (Phi) is 5.63. The number of aromatic nitrogens is 4. The number of carbonyl (C=O) groups is 1. The van der Waals surface area contributed by atoms with E-state index < -0.39 is 6.04 Å². The van der Waals surface area contributed by atoms with Crippen LogP contribution in [0.1, 0.15) is 40.3 Å². The molecule has 30 heavy (non-hydrogen) atoms. The van der Waals surface area contributed by atoms with Crippen LogP contribution in [0.4, 0.5) is 0 Å². The number of pyridine rings is 1. The lowest BCUT2D eigenvalue weighted by Crippen LogP contribution is -2.29. The third kappa shape index (κ3) is 3.97. The van der Waals surface area contributed by atoms with Crippen molar-refractivity contribution in [3.8, 4) is 11.3 Å². The molecule has 3 heterocycles. The average molecular weight is 422 g/mol. The lowest BCUT2D eigenvalue weighted by molar-refractivity contribution is 0.0934. The van der Waals surface area contributed by atoms with Crippen molar-refractivity contribution in [2.24, 2.45) is 0 Å². The Balaban J connectivity index is 1.61. The minimum Gasteiger partial charge on any atom is -0.355 e. The number of carbonyl (C=O) groups excluding carboxylic acids is 1. The fraction of sp³-hybridized carbons (Fsp3) is 0.182. The first-order chi connectivity index (χ1) is 14.6. The van der Waals surface area contributed by atoms with Gasteiger partial charge in [0.1, 0.15) is 0 Å². The maximum atomic E-state index is 13.0. The predicted molar refractivity (Wildman–Crippen MR) is 113 cm³/mol. The van der Waals surface area contributed by atoms with Crippen LogP contribution in [-0.4, -0.2) is 25.8 Å². The topological polar surface area (TPSA) is 85.8 Å². The summed E-state index contributed by atoms with van der Waals surface area (Å²) in [5.41, 5.74) is 3.68. The highest BCUT2D eigenvalue weighted by atomic mass is 35.5. The third-order valence-corrected chi connectivity index (χ3v) is 5.16. The molecule has 0 aliphatic heterocycles. The molecule has 1 amide bonds. The number of amides is 1. The lowest BCUT2D eigenvalue weighted by atomic mass is 10.00. The summed E-state index contributed by atoms with van der Waals surface area (Å²) in [6.45, 7) is 4.71. The number of benzene rings is 1. The monoisotopic (exact) mass is 421 g/mol. The molecule has 0 bridgehead atoms. The zero-order valence-electron chi connectivity index (χ0n) is 16.5. The highest BCUT2D eigenvalue weighted by molar-refractivity contribution is 6.30. The van der Waals surface area contributed by atoms with Gasteiger partial charge in [-0.15, -0.1) is 0 Å². The Morgan fingerprint density at radius 2 is 2.00 bits per heavy atom. The Bertz CT molecular complexity index is 1150. The van der Waals surface area contributed by atoms with Crippen LogP contribution >= 0.6 is 11.6 Å². The second-order valence-corrected chi connectivity index (χ2v) is 7.22. The molecule has 0 spiro atoms. The highest BCUT2D eigenvalue weighted by Gasteiger charge is 2.22. The number of aryl methyl sites for hydroxylation is 1. The maximum absolute atomic E-state index is 13.0. The van der Waals surface area contributed by atoms with E-state index in [0.717, 1.165) is 28.9 Å². The van der Waals surface area contributed by atoms with Crippen LogP contribution in [0.25, 0.3) is 11.3 Å². The summed E-state index contributed by atoms with van der Waals surface area (Å²) >= 11 is 6.02. The van der Waals surface area contributed by atoms with Crippen molar-refractivity contribution in [2.45, 2.75) is 26.4 Å². The van der Waals surface area contributed by atoms with Crippen molar-refractivity contribution in [2.75, 3.05) is 0 Å². The molecular weight excluding hydrogens is 402 g/mol. The quantitative estimate of drug-likeness (QED) is 0.497. The molecule has 1 N–H and O–H groups in total. The molecule has 0 saturated carbocycles. The van der Waals surface area contributed by atoms with Crippen LogP contribution in [0.15, 0.2) is 65.6 Å². The van der Waals surface area contributed by atoms with E-state index in [-0.39, 0.29) is 11.6 Å². The number of halogens is 1. The Morgan fingerprint density at radius 3 is 2.67 bits per heavy atom. The van der Waals surface area contributed by atoms with Crippen molar-refractivity contribution in [3.05, 3.63) is 88.6 Å². The van der Waals surface area contributed by atoms with Gasteiger partial charge in [-0.3, -0.25) is 14.5 Å². The summed E-state index contributed by atoms with van der Waals surface area (Å²) in [7, 11) is 0. The normalized spacial score (nSPS) is 12.0. The molecule has 8 heteroatoms. The zero-order chi connectivity index (χ0) is 21.1. The smallest absolute Gasteiger partial charge is 0.274 e. The molecule has 0 aliphatic carbocycles. The van der Waals surface area contributed by atoms with Gasteiger partial charge in [0.25, 0.3) is 5.91 Å². The van der Waals surface area contributed by atoms with E-state index in [1.165, 1.54) is 0 Å². The summed E-state index contributed by atoms with van der Waals surface area (Å²) in [6.07, 6.45) is 5.12. The fourth-order valence-corrected chi connectivity index (χ4v) is 3.41. The van der Waals surface area contributed by atoms with Crippen molar-refractivity contribution < 1.29 is 9.32 Å². The van der Waals surface area contributed by atoms with Crippen molar-refractivity contribution in [1.29, 1.82) is 0 Å². The van der Waals surface area contributed by atoms with Gasteiger partial charge in [-0.25, -0.2) is 0 Å². The number of nitrogens with zero attached hydrogens (tertiary/aromatic N) is 4. The van der Waals surface area contributed by atoms with E-state index >= 15 is 0 Å². The first-order valence-corrected chi connectivity index (χ1v) is 9.90. The van der Waals surface area contributed by atoms with Gasteiger partial charge in [-0.2, -0.15) is 5.10 Å². The van der Waals surface area contributed by atoms with Crippen LogP contribution in [-0.2, 0) is 6.54 Å². The van der Waals surface area contributed by atoms with Gasteiger partial charge in [0.2, 0.25) is 0 Å². The van der Waals surface area contributed by atoms with Gasteiger partial charge in [0, 0.05) is 35.7 Å². The van der Waals surface area contributed by atoms with Crippen molar-refractivity contribution in [1.82, 2.24) is 25.2 Å². The SMILES string of the molecule is CCn1ncc(-c2cc(C(=O)N[C@@H](c3ccc(Cl)cc3)c3cccnc3)no2)c1C. The van der Waals surface area contributed by atoms with Crippen molar-refractivity contribution >= 4 is 17.5 Å². The van der Waals surface area contributed by atoms with Crippen LogP contribution in [0.2, 0.25) is 5.02 Å². The molecule has 1 aromatic carbocycles. The van der Waals surface area contributed by atoms with E-state index in [1.807, 2.05) is 42.8 Å². The molecule has 4 aromatic rings. The Labute approximate surface area is 178 Å². The number of hydrogen-bond donors (Lipinski definition) is 1. The summed E-state index contributed by atoms with van der Waals surface area (Å²) < 4.78 is 7.28.